The van der Waals surface area contributed by atoms with Gasteiger partial charge >= 0.3 is 5.97 Å². The molecule has 1 aromatic carbocycles. The van der Waals surface area contributed by atoms with Crippen molar-refractivity contribution in [1.29, 1.82) is 0 Å². The first-order valence-corrected chi connectivity index (χ1v) is 10.6. The maximum absolute atomic E-state index is 14.0. The standard InChI is InChI=1S/C18H23FN4O4S/c1-3-14-16(18(24)27-4-2)17(21-20-14)28(25,26)23-11-9-22(10-12-23)15-8-6-5-7-13(15)19/h5-8H,3-4,9-12H2,1-2H3,(H,20,21). The molecule has 0 radical (unpaired) electrons. The number of aromatic amines is 1. The topological polar surface area (TPSA) is 95.6 Å². The molecule has 1 N–H and O–H groups in total. The summed E-state index contributed by atoms with van der Waals surface area (Å²) in [4.78, 5) is 14.1. The predicted molar refractivity (Wildman–Crippen MR) is 101 cm³/mol. The molecule has 0 amide bonds. The number of H-pyrrole nitrogens is 1. The summed E-state index contributed by atoms with van der Waals surface area (Å²) in [6.45, 7) is 4.56. The van der Waals surface area contributed by atoms with E-state index in [-0.39, 0.29) is 36.1 Å². The predicted octanol–water partition coefficient (Wildman–Crippen LogP) is 1.80. The highest BCUT2D eigenvalue weighted by Crippen LogP contribution is 2.25. The van der Waals surface area contributed by atoms with Crippen molar-refractivity contribution in [2.24, 2.45) is 0 Å². The van der Waals surface area contributed by atoms with E-state index >= 15 is 0 Å². The number of aromatic nitrogens is 2. The highest BCUT2D eigenvalue weighted by Gasteiger charge is 2.36. The van der Waals surface area contributed by atoms with E-state index < -0.39 is 16.0 Å². The molecule has 2 heterocycles. The van der Waals surface area contributed by atoms with Crippen molar-refractivity contribution in [2.75, 3.05) is 37.7 Å². The van der Waals surface area contributed by atoms with E-state index in [0.717, 1.165) is 0 Å². The van der Waals surface area contributed by atoms with Gasteiger partial charge in [-0.1, -0.05) is 19.1 Å². The summed E-state index contributed by atoms with van der Waals surface area (Å²) < 4.78 is 46.5. The number of nitrogens with one attached hydrogen (secondary N) is 1. The van der Waals surface area contributed by atoms with E-state index in [0.29, 0.717) is 30.9 Å². The van der Waals surface area contributed by atoms with Gasteiger partial charge in [0.05, 0.1) is 18.0 Å². The Morgan fingerprint density at radius 2 is 1.89 bits per heavy atom. The number of hydrogen-bond acceptors (Lipinski definition) is 6. The second-order valence-corrected chi connectivity index (χ2v) is 8.15. The highest BCUT2D eigenvalue weighted by atomic mass is 32.2. The minimum Gasteiger partial charge on any atom is -0.462 e. The van der Waals surface area contributed by atoms with E-state index in [1.165, 1.54) is 10.4 Å². The third-order valence-corrected chi connectivity index (χ3v) is 6.49. The number of carbonyl (C=O) groups is 1. The largest absolute Gasteiger partial charge is 0.462 e. The van der Waals surface area contributed by atoms with E-state index in [9.17, 15) is 17.6 Å². The second kappa shape index (κ2) is 8.27. The molecular formula is C18H23FN4O4S. The van der Waals surface area contributed by atoms with Gasteiger partial charge in [-0.3, -0.25) is 5.10 Å². The van der Waals surface area contributed by atoms with Crippen LogP contribution in [0.1, 0.15) is 29.9 Å². The summed E-state index contributed by atoms with van der Waals surface area (Å²) in [5, 5.41) is 6.22. The summed E-state index contributed by atoms with van der Waals surface area (Å²) in [6, 6.07) is 6.39. The van der Waals surface area contributed by atoms with Crippen LogP contribution in [0.25, 0.3) is 0 Å². The van der Waals surface area contributed by atoms with Crippen molar-refractivity contribution in [3.05, 3.63) is 41.3 Å². The fourth-order valence-electron chi connectivity index (χ4n) is 3.22. The number of anilines is 1. The Morgan fingerprint density at radius 3 is 2.50 bits per heavy atom. The maximum Gasteiger partial charge on any atom is 0.343 e. The summed E-state index contributed by atoms with van der Waals surface area (Å²) in [6.07, 6.45) is 0.414. The average molecular weight is 410 g/mol. The molecule has 1 aliphatic heterocycles. The molecule has 28 heavy (non-hydrogen) atoms. The second-order valence-electron chi connectivity index (χ2n) is 6.30. The first-order chi connectivity index (χ1) is 13.4. The van der Waals surface area contributed by atoms with Gasteiger partial charge in [0.25, 0.3) is 10.0 Å². The van der Waals surface area contributed by atoms with Crippen LogP contribution >= 0.6 is 0 Å². The molecule has 0 atom stereocenters. The number of hydrogen-bond donors (Lipinski definition) is 1. The molecule has 0 spiro atoms. The number of ether oxygens (including phenoxy) is 1. The van der Waals surface area contributed by atoms with Crippen molar-refractivity contribution in [1.82, 2.24) is 14.5 Å². The molecule has 3 rings (SSSR count). The fourth-order valence-corrected chi connectivity index (χ4v) is 4.73. The Balaban J connectivity index is 1.83. The Labute approximate surface area is 163 Å². The first-order valence-electron chi connectivity index (χ1n) is 9.14. The van der Waals surface area contributed by atoms with Crippen LogP contribution in [0.15, 0.2) is 29.3 Å². The van der Waals surface area contributed by atoms with Crippen LogP contribution in [-0.2, 0) is 21.2 Å². The van der Waals surface area contributed by atoms with Crippen LogP contribution < -0.4 is 4.90 Å². The Morgan fingerprint density at radius 1 is 1.21 bits per heavy atom. The summed E-state index contributed by atoms with van der Waals surface area (Å²) in [7, 11) is -3.99. The number of para-hydroxylation sites is 1. The van der Waals surface area contributed by atoms with Gasteiger partial charge in [-0.15, -0.1) is 0 Å². The minimum absolute atomic E-state index is 0.0408. The van der Waals surface area contributed by atoms with Gasteiger partial charge < -0.3 is 9.64 Å². The molecular weight excluding hydrogens is 387 g/mol. The number of esters is 1. The van der Waals surface area contributed by atoms with E-state index in [1.54, 1.807) is 36.9 Å². The van der Waals surface area contributed by atoms with E-state index in [4.69, 9.17) is 4.74 Å². The Hall–Kier alpha value is -2.46. The molecule has 1 saturated heterocycles. The van der Waals surface area contributed by atoms with Gasteiger partial charge in [0.1, 0.15) is 11.4 Å². The Kier molecular flexibility index (Phi) is 5.99. The third kappa shape index (κ3) is 3.74. The monoisotopic (exact) mass is 410 g/mol. The number of carbonyl (C=O) groups excluding carboxylic acids is 1. The number of halogens is 1. The number of rotatable bonds is 6. The molecule has 0 bridgehead atoms. The van der Waals surface area contributed by atoms with Gasteiger partial charge in [0.2, 0.25) is 5.03 Å². The first kappa shape index (κ1) is 20.3. The number of nitrogens with zero attached hydrogens (tertiary/aromatic N) is 3. The van der Waals surface area contributed by atoms with Gasteiger partial charge in [0, 0.05) is 26.2 Å². The zero-order valence-electron chi connectivity index (χ0n) is 15.8. The van der Waals surface area contributed by atoms with E-state index in [1.807, 2.05) is 0 Å². The zero-order chi connectivity index (χ0) is 20.3. The average Bonchev–Trinajstić information content (AvgIpc) is 3.14. The summed E-state index contributed by atoms with van der Waals surface area (Å²) in [5.41, 5.74) is 0.822. The lowest BCUT2D eigenvalue weighted by Gasteiger charge is -2.35. The number of benzene rings is 1. The van der Waals surface area contributed by atoms with Crippen LogP contribution in [0.5, 0.6) is 0 Å². The summed E-state index contributed by atoms with van der Waals surface area (Å²) >= 11 is 0. The molecule has 1 aromatic heterocycles. The number of sulfonamides is 1. The van der Waals surface area contributed by atoms with Crippen LogP contribution in [0.2, 0.25) is 0 Å². The minimum atomic E-state index is -3.99. The van der Waals surface area contributed by atoms with Gasteiger partial charge in [-0.2, -0.15) is 9.40 Å². The van der Waals surface area contributed by atoms with Crippen molar-refractivity contribution in [3.8, 4) is 0 Å². The molecule has 0 aliphatic carbocycles. The van der Waals surface area contributed by atoms with Crippen molar-refractivity contribution >= 4 is 21.7 Å². The smallest absolute Gasteiger partial charge is 0.343 e. The Bertz CT molecular complexity index is 952. The van der Waals surface area contributed by atoms with Gasteiger partial charge in [-0.25, -0.2) is 17.6 Å². The van der Waals surface area contributed by atoms with Crippen LogP contribution in [-0.4, -0.2) is 61.7 Å². The number of piperazine rings is 1. The van der Waals surface area contributed by atoms with Crippen LogP contribution in [0, 0.1) is 5.82 Å². The quantitative estimate of drug-likeness (QED) is 0.730. The highest BCUT2D eigenvalue weighted by molar-refractivity contribution is 7.89. The molecule has 1 fully saturated rings. The number of aryl methyl sites for hydroxylation is 1. The lowest BCUT2D eigenvalue weighted by Crippen LogP contribution is -2.49. The molecule has 0 unspecified atom stereocenters. The SMILES string of the molecule is CCOC(=O)c1c(S(=O)(=O)N2CCN(c3ccccc3F)CC2)n[nH]c1CC. The normalized spacial score (nSPS) is 15.6. The van der Waals surface area contributed by atoms with Crippen molar-refractivity contribution in [3.63, 3.8) is 0 Å². The summed E-state index contributed by atoms with van der Waals surface area (Å²) in [5.74, 6) is -1.06. The third-order valence-electron chi connectivity index (χ3n) is 4.66. The zero-order valence-corrected chi connectivity index (χ0v) is 16.6. The molecule has 0 saturated carbocycles. The fraction of sp³-hybridized carbons (Fsp3) is 0.444. The van der Waals surface area contributed by atoms with Crippen molar-refractivity contribution < 1.29 is 22.3 Å². The maximum atomic E-state index is 14.0. The van der Waals surface area contributed by atoms with Gasteiger partial charge in [0.15, 0.2) is 0 Å². The molecule has 8 nitrogen and oxygen atoms in total. The van der Waals surface area contributed by atoms with Crippen LogP contribution in [0.3, 0.4) is 0 Å². The lowest BCUT2D eigenvalue weighted by atomic mass is 10.2. The van der Waals surface area contributed by atoms with Gasteiger partial charge in [-0.05, 0) is 25.5 Å². The van der Waals surface area contributed by atoms with Crippen LogP contribution in [0.4, 0.5) is 10.1 Å². The molecule has 10 heteroatoms. The van der Waals surface area contributed by atoms with Crippen molar-refractivity contribution in [2.45, 2.75) is 25.3 Å². The lowest BCUT2D eigenvalue weighted by molar-refractivity contribution is 0.0520. The molecule has 152 valence electrons. The van der Waals surface area contributed by atoms with E-state index in [2.05, 4.69) is 10.2 Å². The molecule has 2 aromatic rings. The molecule has 1 aliphatic rings.